The number of fused-ring (bicyclic) bond motifs is 1. The van der Waals surface area contributed by atoms with Crippen molar-refractivity contribution >= 4 is 22.3 Å². The van der Waals surface area contributed by atoms with Crippen molar-refractivity contribution in [2.24, 2.45) is 4.99 Å². The molecule has 0 amide bonds. The van der Waals surface area contributed by atoms with E-state index in [0.29, 0.717) is 0 Å². The van der Waals surface area contributed by atoms with E-state index < -0.39 is 0 Å². The summed E-state index contributed by atoms with van der Waals surface area (Å²) in [5.74, 6) is 0.846. The van der Waals surface area contributed by atoms with Crippen molar-refractivity contribution in [3.63, 3.8) is 0 Å². The zero-order valence-electron chi connectivity index (χ0n) is 18.9. The van der Waals surface area contributed by atoms with E-state index in [1.54, 1.807) is 7.11 Å². The molecule has 0 saturated carbocycles. The van der Waals surface area contributed by atoms with Gasteiger partial charge >= 0.3 is 0 Å². The van der Waals surface area contributed by atoms with Crippen LogP contribution in [0.2, 0.25) is 0 Å². The highest BCUT2D eigenvalue weighted by Crippen LogP contribution is 2.37. The van der Waals surface area contributed by atoms with Crippen molar-refractivity contribution in [3.05, 3.63) is 66.4 Å². The van der Waals surface area contributed by atoms with Crippen LogP contribution in [0.4, 0.5) is 5.69 Å². The van der Waals surface area contributed by atoms with E-state index in [4.69, 9.17) is 14.5 Å². The molecule has 5 heteroatoms. The number of morpholine rings is 1. The maximum absolute atomic E-state index is 5.91. The van der Waals surface area contributed by atoms with Gasteiger partial charge in [-0.15, -0.1) is 0 Å². The number of nitrogens with zero attached hydrogens (tertiary/aromatic N) is 3. The summed E-state index contributed by atoms with van der Waals surface area (Å²) in [6, 6.07) is 14.9. The minimum atomic E-state index is 0.237. The fourth-order valence-corrected chi connectivity index (χ4v) is 4.75. The Labute approximate surface area is 189 Å². The van der Waals surface area contributed by atoms with Crippen LogP contribution in [-0.4, -0.2) is 49.6 Å². The number of ether oxygens (including phenoxy) is 2. The summed E-state index contributed by atoms with van der Waals surface area (Å²) in [5, 5.41) is 1.00. The second-order valence-electron chi connectivity index (χ2n) is 8.57. The van der Waals surface area contributed by atoms with Crippen LogP contribution in [-0.2, 0) is 4.74 Å². The third-order valence-electron chi connectivity index (χ3n) is 6.14. The first-order valence-electron chi connectivity index (χ1n) is 11.3. The van der Waals surface area contributed by atoms with E-state index in [9.17, 15) is 0 Å². The molecule has 1 saturated heterocycles. The monoisotopic (exact) mass is 427 g/mol. The van der Waals surface area contributed by atoms with Crippen molar-refractivity contribution < 1.29 is 9.47 Å². The molecule has 3 heterocycles. The second-order valence-corrected chi connectivity index (χ2v) is 8.57. The van der Waals surface area contributed by atoms with Crippen molar-refractivity contribution in [2.75, 3.05) is 31.6 Å². The Morgan fingerprint density at radius 1 is 1.00 bits per heavy atom. The fourth-order valence-electron chi connectivity index (χ4n) is 4.75. The maximum Gasteiger partial charge on any atom is 0.137 e. The Hall–Kier alpha value is -3.18. The van der Waals surface area contributed by atoms with Gasteiger partial charge in [-0.3, -0.25) is 9.98 Å². The number of rotatable bonds is 4. The SMILES string of the molecule is COc1c(-c2ccc(N3C[C@@H](C)O[C@@H](C)C3)cc2)cnc2c(C3=NCCC=C3)cccc12. The molecule has 2 aliphatic rings. The highest BCUT2D eigenvalue weighted by molar-refractivity contribution is 6.16. The van der Waals surface area contributed by atoms with Crippen LogP contribution in [0.15, 0.2) is 65.8 Å². The first-order valence-corrected chi connectivity index (χ1v) is 11.3. The number of methoxy groups -OCH3 is 1. The highest BCUT2D eigenvalue weighted by Gasteiger charge is 2.22. The summed E-state index contributed by atoms with van der Waals surface area (Å²) in [6.07, 6.45) is 7.65. The van der Waals surface area contributed by atoms with Gasteiger partial charge in [-0.2, -0.15) is 0 Å². The van der Waals surface area contributed by atoms with Crippen LogP contribution < -0.4 is 9.64 Å². The van der Waals surface area contributed by atoms with Gasteiger partial charge in [0, 0.05) is 48.0 Å². The van der Waals surface area contributed by atoms with Crippen LogP contribution in [0.25, 0.3) is 22.0 Å². The first-order chi connectivity index (χ1) is 15.6. The number of aliphatic imine (C=N–C) groups is 1. The topological polar surface area (TPSA) is 47.0 Å². The highest BCUT2D eigenvalue weighted by atomic mass is 16.5. The normalized spacial score (nSPS) is 21.0. The largest absolute Gasteiger partial charge is 0.495 e. The molecule has 5 nitrogen and oxygen atoms in total. The van der Waals surface area contributed by atoms with Crippen LogP contribution in [0.3, 0.4) is 0 Å². The van der Waals surface area contributed by atoms with E-state index in [2.05, 4.69) is 78.4 Å². The Balaban J connectivity index is 1.52. The van der Waals surface area contributed by atoms with Crippen LogP contribution in [0.5, 0.6) is 5.75 Å². The lowest BCUT2D eigenvalue weighted by atomic mass is 9.99. The standard InChI is InChI=1S/C27H29N3O2/c1-18-16-30(17-19(2)32-18)21-12-10-20(11-13-21)24-15-29-26-22(25-9-4-5-14-28-25)7-6-8-23(26)27(24)31-3/h4,6-13,15,18-19H,5,14,16-17H2,1-3H3/t18-,19+. The van der Waals surface area contributed by atoms with E-state index in [0.717, 1.165) is 65.1 Å². The average molecular weight is 428 g/mol. The molecule has 2 atom stereocenters. The van der Waals surface area contributed by atoms with Crippen LogP contribution in [0.1, 0.15) is 25.8 Å². The van der Waals surface area contributed by atoms with Gasteiger partial charge in [0.25, 0.3) is 0 Å². The van der Waals surface area contributed by atoms with E-state index >= 15 is 0 Å². The molecule has 0 N–H and O–H groups in total. The van der Waals surface area contributed by atoms with Crippen molar-refractivity contribution in [1.29, 1.82) is 0 Å². The zero-order valence-corrected chi connectivity index (χ0v) is 18.9. The summed E-state index contributed by atoms with van der Waals surface area (Å²) in [7, 11) is 1.73. The Bertz CT molecular complexity index is 1170. The number of hydrogen-bond donors (Lipinski definition) is 0. The molecule has 2 aromatic carbocycles. The third kappa shape index (κ3) is 3.89. The second kappa shape index (κ2) is 8.75. The number of anilines is 1. The number of allylic oxidation sites excluding steroid dienone is 1. The quantitative estimate of drug-likeness (QED) is 0.569. The van der Waals surface area contributed by atoms with Gasteiger partial charge in [0.05, 0.1) is 30.5 Å². The number of dihydropyridines is 1. The number of hydrogen-bond acceptors (Lipinski definition) is 5. The van der Waals surface area contributed by atoms with Gasteiger partial charge < -0.3 is 14.4 Å². The smallest absolute Gasteiger partial charge is 0.137 e. The maximum atomic E-state index is 5.91. The predicted octanol–water partition coefficient (Wildman–Crippen LogP) is 5.27. The van der Waals surface area contributed by atoms with Crippen molar-refractivity contribution in [3.8, 4) is 16.9 Å². The van der Waals surface area contributed by atoms with E-state index in [1.807, 2.05) is 6.20 Å². The van der Waals surface area contributed by atoms with Gasteiger partial charge in [-0.1, -0.05) is 30.3 Å². The molecular formula is C27H29N3O2. The molecule has 1 fully saturated rings. The molecule has 0 radical (unpaired) electrons. The number of aromatic nitrogens is 1. The molecule has 0 bridgehead atoms. The fraction of sp³-hybridized carbons (Fsp3) is 0.333. The zero-order chi connectivity index (χ0) is 22.1. The summed E-state index contributed by atoms with van der Waals surface area (Å²) < 4.78 is 11.8. The van der Waals surface area contributed by atoms with Crippen molar-refractivity contribution in [2.45, 2.75) is 32.5 Å². The Morgan fingerprint density at radius 3 is 2.47 bits per heavy atom. The number of pyridine rings is 1. The van der Waals surface area contributed by atoms with Gasteiger partial charge in [0.2, 0.25) is 0 Å². The first kappa shape index (κ1) is 20.7. The van der Waals surface area contributed by atoms with Crippen LogP contribution >= 0.6 is 0 Å². The lowest BCUT2D eigenvalue weighted by molar-refractivity contribution is -0.00521. The van der Waals surface area contributed by atoms with E-state index in [-0.39, 0.29) is 12.2 Å². The average Bonchev–Trinajstić information content (AvgIpc) is 2.83. The minimum Gasteiger partial charge on any atom is -0.495 e. The lowest BCUT2D eigenvalue weighted by Crippen LogP contribution is -2.45. The molecular weight excluding hydrogens is 398 g/mol. The molecule has 1 aromatic heterocycles. The number of benzene rings is 2. The van der Waals surface area contributed by atoms with Crippen LogP contribution in [0, 0.1) is 0 Å². The molecule has 0 aliphatic carbocycles. The van der Waals surface area contributed by atoms with Crippen molar-refractivity contribution in [1.82, 2.24) is 4.98 Å². The molecule has 0 unspecified atom stereocenters. The Morgan fingerprint density at radius 2 is 1.78 bits per heavy atom. The third-order valence-corrected chi connectivity index (χ3v) is 6.14. The summed E-state index contributed by atoms with van der Waals surface area (Å²) >= 11 is 0. The van der Waals surface area contributed by atoms with Gasteiger partial charge in [-0.05, 0) is 50.1 Å². The molecule has 164 valence electrons. The number of para-hydroxylation sites is 1. The molecule has 5 rings (SSSR count). The van der Waals surface area contributed by atoms with Gasteiger partial charge in [0.15, 0.2) is 0 Å². The lowest BCUT2D eigenvalue weighted by Gasteiger charge is -2.36. The minimum absolute atomic E-state index is 0.237. The predicted molar refractivity (Wildman–Crippen MR) is 131 cm³/mol. The van der Waals surface area contributed by atoms with Gasteiger partial charge in [-0.25, -0.2) is 0 Å². The Kier molecular flexibility index (Phi) is 5.66. The molecule has 0 spiro atoms. The summed E-state index contributed by atoms with van der Waals surface area (Å²) in [6.45, 7) is 6.90. The molecule has 3 aromatic rings. The molecule has 32 heavy (non-hydrogen) atoms. The summed E-state index contributed by atoms with van der Waals surface area (Å²) in [4.78, 5) is 11.9. The van der Waals surface area contributed by atoms with Gasteiger partial charge in [0.1, 0.15) is 5.75 Å². The molecule has 2 aliphatic heterocycles. The summed E-state index contributed by atoms with van der Waals surface area (Å²) in [5.41, 5.74) is 6.26. The van der Waals surface area contributed by atoms with E-state index in [1.165, 1.54) is 5.69 Å².